The molecule has 0 saturated carbocycles. The van der Waals surface area contributed by atoms with E-state index < -0.39 is 49.5 Å². The smallest absolute Gasteiger partial charge is 0.220 e. The largest absolute Gasteiger partial charge is 0.394 e. The normalized spacial score (nSPS) is 17.5. The summed E-state index contributed by atoms with van der Waals surface area (Å²) in [7, 11) is 0. The number of unbranched alkanes of at least 4 members (excludes halogenated alkanes) is 64. The van der Waals surface area contributed by atoms with E-state index in [1.165, 1.54) is 392 Å². The topological polar surface area (TPSA) is 149 Å². The fourth-order valence-corrected chi connectivity index (χ4v) is 14.3. The second kappa shape index (κ2) is 76.1. The van der Waals surface area contributed by atoms with Gasteiger partial charge in [-0.3, -0.25) is 4.79 Å². The van der Waals surface area contributed by atoms with E-state index in [1.807, 2.05) is 6.08 Å². The molecule has 9 nitrogen and oxygen atoms in total. The number of hydrogen-bond acceptors (Lipinski definition) is 8. The molecule has 6 N–H and O–H groups in total. The summed E-state index contributed by atoms with van der Waals surface area (Å²) in [5.41, 5.74) is 0. The van der Waals surface area contributed by atoms with Gasteiger partial charge in [-0.2, -0.15) is 0 Å². The molecule has 0 radical (unpaired) electrons. The Bertz CT molecular complexity index is 1620. The van der Waals surface area contributed by atoms with Crippen LogP contribution in [-0.4, -0.2) is 87.5 Å². The van der Waals surface area contributed by atoms with Gasteiger partial charge >= 0.3 is 0 Å². The second-order valence-corrected chi connectivity index (χ2v) is 30.3. The molecule has 1 amide bonds. The van der Waals surface area contributed by atoms with E-state index in [4.69, 9.17) is 9.47 Å². The second-order valence-electron chi connectivity index (χ2n) is 30.3. The highest BCUT2D eigenvalue weighted by Gasteiger charge is 2.44. The number of nitrogens with one attached hydrogen (secondary N) is 1. The zero-order valence-electron chi connectivity index (χ0n) is 64.2. The molecule has 568 valence electrons. The van der Waals surface area contributed by atoms with Crippen LogP contribution in [0.4, 0.5) is 0 Å². The van der Waals surface area contributed by atoms with Crippen LogP contribution in [0.5, 0.6) is 0 Å². The maximum absolute atomic E-state index is 13.2. The molecule has 0 aromatic carbocycles. The molecule has 7 atom stereocenters. The van der Waals surface area contributed by atoms with Crippen molar-refractivity contribution >= 4 is 5.91 Å². The highest BCUT2D eigenvalue weighted by molar-refractivity contribution is 5.76. The van der Waals surface area contributed by atoms with E-state index in [2.05, 4.69) is 43.5 Å². The highest BCUT2D eigenvalue weighted by Crippen LogP contribution is 2.24. The van der Waals surface area contributed by atoms with E-state index in [0.29, 0.717) is 6.42 Å². The molecule has 0 aromatic heterocycles. The van der Waals surface area contributed by atoms with Crippen LogP contribution in [0.2, 0.25) is 0 Å². The fourth-order valence-electron chi connectivity index (χ4n) is 14.3. The summed E-state index contributed by atoms with van der Waals surface area (Å²) in [6, 6.07) is -0.829. The number of allylic oxidation sites excluding steroid dienone is 5. The van der Waals surface area contributed by atoms with Gasteiger partial charge < -0.3 is 40.3 Å². The van der Waals surface area contributed by atoms with Crippen LogP contribution in [-0.2, 0) is 14.3 Å². The fraction of sp³-hybridized carbons (Fsp3) is 0.920. The van der Waals surface area contributed by atoms with E-state index in [1.54, 1.807) is 6.08 Å². The summed E-state index contributed by atoms with van der Waals surface area (Å²) in [5, 5.41) is 54.9. The third-order valence-electron chi connectivity index (χ3n) is 20.9. The Morgan fingerprint density at radius 2 is 0.594 bits per heavy atom. The Labute approximate surface area is 597 Å². The molecule has 1 aliphatic rings. The monoisotopic (exact) mass is 1350 g/mol. The predicted molar refractivity (Wildman–Crippen MR) is 415 cm³/mol. The van der Waals surface area contributed by atoms with Gasteiger partial charge in [0.05, 0.1) is 25.4 Å². The van der Waals surface area contributed by atoms with Crippen molar-refractivity contribution in [2.24, 2.45) is 0 Å². The van der Waals surface area contributed by atoms with Crippen LogP contribution in [0.1, 0.15) is 457 Å². The molecule has 1 fully saturated rings. The maximum atomic E-state index is 13.2. The number of amides is 1. The minimum absolute atomic E-state index is 0.181. The van der Waals surface area contributed by atoms with Crippen LogP contribution in [0.15, 0.2) is 36.5 Å². The van der Waals surface area contributed by atoms with Gasteiger partial charge in [-0.1, -0.05) is 442 Å². The number of carbonyl (C=O) groups is 1. The molecule has 0 bridgehead atoms. The minimum atomic E-state index is -1.58. The first kappa shape index (κ1) is 92.4. The lowest BCUT2D eigenvalue weighted by Crippen LogP contribution is -2.60. The van der Waals surface area contributed by atoms with Gasteiger partial charge in [0.25, 0.3) is 0 Å². The van der Waals surface area contributed by atoms with Gasteiger partial charge in [0.15, 0.2) is 6.29 Å². The van der Waals surface area contributed by atoms with Gasteiger partial charge in [-0.15, -0.1) is 0 Å². The average Bonchev–Trinajstić information content (AvgIpc) is 0.845. The Balaban J connectivity index is 2.04. The highest BCUT2D eigenvalue weighted by atomic mass is 16.7. The van der Waals surface area contributed by atoms with Crippen molar-refractivity contribution in [2.75, 3.05) is 13.2 Å². The number of carbonyl (C=O) groups excluding carboxylic acids is 1. The van der Waals surface area contributed by atoms with Gasteiger partial charge in [0.1, 0.15) is 24.4 Å². The summed E-state index contributed by atoms with van der Waals surface area (Å²) >= 11 is 0. The van der Waals surface area contributed by atoms with Gasteiger partial charge in [0, 0.05) is 6.42 Å². The van der Waals surface area contributed by atoms with Crippen molar-refractivity contribution in [1.82, 2.24) is 5.32 Å². The third kappa shape index (κ3) is 63.3. The Morgan fingerprint density at radius 3 is 0.875 bits per heavy atom. The lowest BCUT2D eigenvalue weighted by molar-refractivity contribution is -0.302. The minimum Gasteiger partial charge on any atom is -0.394 e. The quantitative estimate of drug-likeness (QED) is 0.0261. The first-order valence-corrected chi connectivity index (χ1v) is 43.2. The first-order valence-electron chi connectivity index (χ1n) is 43.2. The molecule has 1 saturated heterocycles. The summed E-state index contributed by atoms with van der Waals surface area (Å²) in [4.78, 5) is 13.2. The van der Waals surface area contributed by atoms with Crippen LogP contribution >= 0.6 is 0 Å². The van der Waals surface area contributed by atoms with Crippen molar-refractivity contribution < 1.29 is 39.8 Å². The van der Waals surface area contributed by atoms with Crippen molar-refractivity contribution in [3.8, 4) is 0 Å². The van der Waals surface area contributed by atoms with Crippen molar-refractivity contribution in [3.05, 3.63) is 36.5 Å². The van der Waals surface area contributed by atoms with Gasteiger partial charge in [0.2, 0.25) is 5.91 Å². The summed E-state index contributed by atoms with van der Waals surface area (Å²) in [6.45, 7) is 3.83. The summed E-state index contributed by atoms with van der Waals surface area (Å²) in [5.74, 6) is -0.181. The first-order chi connectivity index (χ1) is 47.3. The molecule has 1 rings (SSSR count). The van der Waals surface area contributed by atoms with Crippen LogP contribution in [0, 0.1) is 0 Å². The molecule has 9 heteroatoms. The molecule has 96 heavy (non-hydrogen) atoms. The lowest BCUT2D eigenvalue weighted by atomic mass is 9.99. The average molecular weight is 1360 g/mol. The van der Waals surface area contributed by atoms with Crippen molar-refractivity contribution in [3.63, 3.8) is 0 Å². The molecule has 0 aliphatic carbocycles. The SMILES string of the molecule is CCCCCCCCCCCCCCCCCCCCCCCC/C=C/CC/C=C/CC/C=C/C(O)C(COC1OC(CO)C(O)C(O)C1O)NC(=O)CCCCCCCCCCCCCCCCCCCCCCCCCCCCCCCCCCCCCCCCCCC. The number of rotatable bonds is 78. The number of aliphatic hydroxyl groups is 5. The molecular formula is C87H167NO8. The zero-order chi connectivity index (χ0) is 69.2. The van der Waals surface area contributed by atoms with Crippen LogP contribution in [0.3, 0.4) is 0 Å². The standard InChI is InChI=1S/C87H167NO8/c1-3-5-7-9-11-13-15-17-19-21-23-25-27-29-31-33-35-37-38-39-40-41-42-43-44-45-47-49-51-53-55-57-59-61-63-65-67-69-71-73-75-77-83(91)88-80(79-95-87-86(94)85(93)84(92)82(78-89)96-87)81(90)76-74-72-70-68-66-64-62-60-58-56-54-52-50-48-46-36-34-32-30-28-26-24-22-20-18-16-14-12-10-8-6-4-2/h58,60,66,68,74,76,80-82,84-87,89-90,92-94H,3-57,59,61-65,67,69-73,75,77-79H2,1-2H3,(H,88,91)/b60-58+,68-66+,76-74+. The Morgan fingerprint density at radius 1 is 0.344 bits per heavy atom. The third-order valence-corrected chi connectivity index (χ3v) is 20.9. The van der Waals surface area contributed by atoms with Crippen molar-refractivity contribution in [1.29, 1.82) is 0 Å². The van der Waals surface area contributed by atoms with E-state index in [0.717, 1.165) is 44.9 Å². The Hall–Kier alpha value is -1.59. The van der Waals surface area contributed by atoms with Crippen LogP contribution < -0.4 is 5.32 Å². The summed E-state index contributed by atoms with van der Waals surface area (Å²) < 4.78 is 11.3. The predicted octanol–water partition coefficient (Wildman–Crippen LogP) is 25.3. The Kier molecular flexibility index (Phi) is 73.2. The molecule has 1 heterocycles. The number of hydrogen-bond donors (Lipinski definition) is 6. The molecule has 0 spiro atoms. The molecule has 7 unspecified atom stereocenters. The van der Waals surface area contributed by atoms with Gasteiger partial charge in [-0.25, -0.2) is 0 Å². The van der Waals surface area contributed by atoms with E-state index in [-0.39, 0.29) is 12.5 Å². The van der Waals surface area contributed by atoms with Crippen LogP contribution in [0.25, 0.3) is 0 Å². The molecular weight excluding hydrogens is 1190 g/mol. The summed E-state index contributed by atoms with van der Waals surface area (Å²) in [6.07, 6.45) is 97.7. The molecule has 0 aromatic rings. The zero-order valence-corrected chi connectivity index (χ0v) is 64.2. The molecule has 1 aliphatic heterocycles. The maximum Gasteiger partial charge on any atom is 0.220 e. The lowest BCUT2D eigenvalue weighted by Gasteiger charge is -2.40. The number of aliphatic hydroxyl groups excluding tert-OH is 5. The van der Waals surface area contributed by atoms with E-state index in [9.17, 15) is 30.3 Å². The van der Waals surface area contributed by atoms with E-state index >= 15 is 0 Å². The number of ether oxygens (including phenoxy) is 2. The van der Waals surface area contributed by atoms with Gasteiger partial charge in [-0.05, 0) is 44.9 Å². The van der Waals surface area contributed by atoms with Crippen molar-refractivity contribution in [2.45, 2.75) is 500 Å².